The van der Waals surface area contributed by atoms with E-state index in [9.17, 15) is 4.39 Å². The zero-order valence-corrected chi connectivity index (χ0v) is 17.7. The minimum absolute atomic E-state index is 0.229. The van der Waals surface area contributed by atoms with Gasteiger partial charge in [0.05, 0.1) is 5.69 Å². The summed E-state index contributed by atoms with van der Waals surface area (Å²) in [6, 6.07) is 33.9. The monoisotopic (exact) mass is 411 g/mol. The Labute approximate surface area is 183 Å². The van der Waals surface area contributed by atoms with E-state index in [4.69, 9.17) is 4.74 Å². The molecule has 31 heavy (non-hydrogen) atoms. The van der Waals surface area contributed by atoms with Crippen LogP contribution in [0.2, 0.25) is 0 Å². The van der Waals surface area contributed by atoms with Gasteiger partial charge in [-0.05, 0) is 35.2 Å². The summed E-state index contributed by atoms with van der Waals surface area (Å²) >= 11 is 0. The van der Waals surface area contributed by atoms with Crippen LogP contribution in [-0.2, 0) is 19.7 Å². The predicted molar refractivity (Wildman–Crippen MR) is 125 cm³/mol. The third-order valence-electron chi connectivity index (χ3n) is 5.25. The molecule has 0 fully saturated rings. The van der Waals surface area contributed by atoms with Gasteiger partial charge in [-0.3, -0.25) is 0 Å². The molecule has 0 aliphatic carbocycles. The molecule has 0 N–H and O–H groups in total. The van der Waals surface area contributed by atoms with Crippen LogP contribution in [0.15, 0.2) is 103 Å². The summed E-state index contributed by atoms with van der Waals surface area (Å²) in [4.78, 5) is 2.17. The first-order valence-electron chi connectivity index (χ1n) is 10.5. The van der Waals surface area contributed by atoms with Crippen LogP contribution in [-0.4, -0.2) is 0 Å². The first-order chi connectivity index (χ1) is 15.2. The lowest BCUT2D eigenvalue weighted by Crippen LogP contribution is -2.23. The van der Waals surface area contributed by atoms with Gasteiger partial charge < -0.3 is 9.64 Å². The van der Waals surface area contributed by atoms with Gasteiger partial charge in [-0.15, -0.1) is 0 Å². The highest BCUT2D eigenvalue weighted by Crippen LogP contribution is 2.34. The summed E-state index contributed by atoms with van der Waals surface area (Å²) in [6.07, 6.45) is 0. The van der Waals surface area contributed by atoms with Crippen molar-refractivity contribution in [2.45, 2.75) is 26.6 Å². The van der Waals surface area contributed by atoms with Crippen LogP contribution in [0.1, 0.15) is 22.3 Å². The molecule has 156 valence electrons. The Morgan fingerprint density at radius 1 is 0.677 bits per heavy atom. The molecule has 2 nitrogen and oxygen atoms in total. The van der Waals surface area contributed by atoms with E-state index in [1.807, 2.05) is 66.7 Å². The van der Waals surface area contributed by atoms with Crippen molar-refractivity contribution in [2.24, 2.45) is 0 Å². The SMILES string of the molecule is Cc1cc(OCc2ccccc2)c(N(Cc2ccccc2)Cc2ccccc2)cc1F. The van der Waals surface area contributed by atoms with Gasteiger partial charge in [-0.25, -0.2) is 4.39 Å². The second kappa shape index (κ2) is 9.94. The fourth-order valence-electron chi connectivity index (χ4n) is 3.58. The Hall–Kier alpha value is -3.59. The summed E-state index contributed by atoms with van der Waals surface area (Å²) < 4.78 is 20.9. The second-order valence-corrected chi connectivity index (χ2v) is 7.67. The van der Waals surface area contributed by atoms with E-state index in [0.29, 0.717) is 31.0 Å². The van der Waals surface area contributed by atoms with E-state index >= 15 is 0 Å². The van der Waals surface area contributed by atoms with Crippen LogP contribution in [0.4, 0.5) is 10.1 Å². The molecule has 0 aliphatic rings. The Morgan fingerprint density at radius 3 is 1.68 bits per heavy atom. The molecule has 0 saturated carbocycles. The highest BCUT2D eigenvalue weighted by atomic mass is 19.1. The van der Waals surface area contributed by atoms with Crippen LogP contribution >= 0.6 is 0 Å². The number of anilines is 1. The Bertz CT molecular complexity index is 1060. The third kappa shape index (κ3) is 5.52. The average molecular weight is 412 g/mol. The van der Waals surface area contributed by atoms with E-state index in [0.717, 1.165) is 22.4 Å². The molecule has 0 aliphatic heterocycles. The molecule has 0 spiro atoms. The van der Waals surface area contributed by atoms with Crippen LogP contribution in [0, 0.1) is 12.7 Å². The number of aryl methyl sites for hydroxylation is 1. The van der Waals surface area contributed by atoms with E-state index < -0.39 is 0 Å². The van der Waals surface area contributed by atoms with Crippen molar-refractivity contribution in [1.29, 1.82) is 0 Å². The minimum Gasteiger partial charge on any atom is -0.487 e. The predicted octanol–water partition coefficient (Wildman–Crippen LogP) is 6.92. The molecular weight excluding hydrogens is 385 g/mol. The summed E-state index contributed by atoms with van der Waals surface area (Å²) in [5.41, 5.74) is 4.73. The van der Waals surface area contributed by atoms with Gasteiger partial charge in [-0.2, -0.15) is 0 Å². The Balaban J connectivity index is 1.68. The highest BCUT2D eigenvalue weighted by molar-refractivity contribution is 5.60. The van der Waals surface area contributed by atoms with Crippen LogP contribution in [0.25, 0.3) is 0 Å². The second-order valence-electron chi connectivity index (χ2n) is 7.67. The van der Waals surface area contributed by atoms with E-state index in [1.165, 1.54) is 0 Å². The largest absolute Gasteiger partial charge is 0.487 e. The van der Waals surface area contributed by atoms with Crippen LogP contribution in [0.5, 0.6) is 5.75 Å². The molecule has 0 atom stereocenters. The number of benzene rings is 4. The molecular formula is C28H26FNO. The molecule has 4 aromatic carbocycles. The summed E-state index contributed by atoms with van der Waals surface area (Å²) in [7, 11) is 0. The number of halogens is 1. The molecule has 0 unspecified atom stereocenters. The van der Waals surface area contributed by atoms with Crippen molar-refractivity contribution in [3.05, 3.63) is 131 Å². The Morgan fingerprint density at radius 2 is 1.16 bits per heavy atom. The van der Waals surface area contributed by atoms with Gasteiger partial charge in [0, 0.05) is 19.2 Å². The fourth-order valence-corrected chi connectivity index (χ4v) is 3.58. The average Bonchev–Trinajstić information content (AvgIpc) is 2.81. The third-order valence-corrected chi connectivity index (χ3v) is 5.25. The molecule has 3 heteroatoms. The van der Waals surface area contributed by atoms with Crippen molar-refractivity contribution >= 4 is 5.69 Å². The van der Waals surface area contributed by atoms with Crippen molar-refractivity contribution in [1.82, 2.24) is 0 Å². The van der Waals surface area contributed by atoms with Gasteiger partial charge in [0.1, 0.15) is 18.2 Å². The summed E-state index contributed by atoms with van der Waals surface area (Å²) in [6.45, 7) is 3.51. The molecule has 0 aromatic heterocycles. The normalized spacial score (nSPS) is 10.6. The minimum atomic E-state index is -0.229. The maximum atomic E-state index is 14.7. The summed E-state index contributed by atoms with van der Waals surface area (Å²) in [5.74, 6) is 0.461. The van der Waals surface area contributed by atoms with Gasteiger partial charge in [0.2, 0.25) is 0 Å². The van der Waals surface area contributed by atoms with Gasteiger partial charge >= 0.3 is 0 Å². The molecule has 4 rings (SSSR count). The molecule has 4 aromatic rings. The summed E-state index contributed by atoms with van der Waals surface area (Å²) in [5, 5.41) is 0. The highest BCUT2D eigenvalue weighted by Gasteiger charge is 2.17. The van der Waals surface area contributed by atoms with Crippen molar-refractivity contribution in [3.8, 4) is 5.75 Å². The molecule has 0 radical (unpaired) electrons. The van der Waals surface area contributed by atoms with Crippen LogP contribution < -0.4 is 9.64 Å². The lowest BCUT2D eigenvalue weighted by molar-refractivity contribution is 0.305. The molecule has 0 saturated heterocycles. The lowest BCUT2D eigenvalue weighted by Gasteiger charge is -2.28. The van der Waals surface area contributed by atoms with E-state index in [-0.39, 0.29) is 5.82 Å². The molecule has 0 heterocycles. The maximum Gasteiger partial charge on any atom is 0.143 e. The topological polar surface area (TPSA) is 12.5 Å². The smallest absolute Gasteiger partial charge is 0.143 e. The van der Waals surface area contributed by atoms with Crippen LogP contribution in [0.3, 0.4) is 0 Å². The Kier molecular flexibility index (Phi) is 6.63. The van der Waals surface area contributed by atoms with E-state index in [1.54, 1.807) is 19.1 Å². The van der Waals surface area contributed by atoms with Gasteiger partial charge in [0.15, 0.2) is 0 Å². The van der Waals surface area contributed by atoms with Gasteiger partial charge in [-0.1, -0.05) is 91.0 Å². The number of hydrogen-bond acceptors (Lipinski definition) is 2. The van der Waals surface area contributed by atoms with Crippen molar-refractivity contribution in [3.63, 3.8) is 0 Å². The quantitative estimate of drug-likeness (QED) is 0.312. The van der Waals surface area contributed by atoms with Crippen molar-refractivity contribution < 1.29 is 9.13 Å². The maximum absolute atomic E-state index is 14.7. The van der Waals surface area contributed by atoms with Crippen molar-refractivity contribution in [2.75, 3.05) is 4.90 Å². The van der Waals surface area contributed by atoms with E-state index in [2.05, 4.69) is 29.2 Å². The standard InChI is InChI=1S/C28H26FNO/c1-22-17-28(31-21-25-15-9-4-10-16-25)27(18-26(22)29)30(19-23-11-5-2-6-12-23)20-24-13-7-3-8-14-24/h2-18H,19-21H2,1H3. The first kappa shape index (κ1) is 20.7. The number of nitrogens with zero attached hydrogens (tertiary/aromatic N) is 1. The molecule has 0 bridgehead atoms. The zero-order chi connectivity index (χ0) is 21.5. The fraction of sp³-hybridized carbons (Fsp3) is 0.143. The lowest BCUT2D eigenvalue weighted by atomic mass is 10.1. The number of ether oxygens (including phenoxy) is 1. The first-order valence-corrected chi connectivity index (χ1v) is 10.5. The molecule has 0 amide bonds. The van der Waals surface area contributed by atoms with Gasteiger partial charge in [0.25, 0.3) is 0 Å². The zero-order valence-electron chi connectivity index (χ0n) is 17.7. The number of rotatable bonds is 8. The number of hydrogen-bond donors (Lipinski definition) is 0.